The van der Waals surface area contributed by atoms with Gasteiger partial charge in [-0.25, -0.2) is 0 Å². The average molecular weight is 353 g/mol. The van der Waals surface area contributed by atoms with E-state index in [1.807, 2.05) is 6.07 Å². The number of halogens is 1. The molecule has 1 saturated heterocycles. The van der Waals surface area contributed by atoms with Crippen LogP contribution in [-0.2, 0) is 6.54 Å². The lowest BCUT2D eigenvalue weighted by Crippen LogP contribution is -2.42. The number of likely N-dealkylation sites (tertiary alicyclic amines) is 1. The van der Waals surface area contributed by atoms with Crippen LogP contribution in [-0.4, -0.2) is 37.7 Å². The van der Waals surface area contributed by atoms with Crippen molar-refractivity contribution in [3.05, 3.63) is 40.4 Å². The van der Waals surface area contributed by atoms with E-state index in [0.29, 0.717) is 6.04 Å². The minimum atomic E-state index is 0.618. The molecule has 1 heterocycles. The van der Waals surface area contributed by atoms with Crippen molar-refractivity contribution in [2.45, 2.75) is 32.4 Å². The lowest BCUT2D eigenvalue weighted by Gasteiger charge is -2.32. The van der Waals surface area contributed by atoms with Crippen LogP contribution in [0.3, 0.4) is 0 Å². The zero-order chi connectivity index (χ0) is 15.2. The van der Waals surface area contributed by atoms with Gasteiger partial charge in [0, 0.05) is 19.1 Å². The second-order valence-electron chi connectivity index (χ2n) is 5.86. The van der Waals surface area contributed by atoms with E-state index in [0.717, 1.165) is 36.4 Å². The van der Waals surface area contributed by atoms with Crippen LogP contribution in [0.5, 0.6) is 5.75 Å². The Balaban J connectivity index is 1.77. The van der Waals surface area contributed by atoms with Crippen LogP contribution in [0, 0.1) is 0 Å². The van der Waals surface area contributed by atoms with Crippen molar-refractivity contribution in [1.29, 1.82) is 0 Å². The topological polar surface area (TPSA) is 24.5 Å². The molecule has 1 aromatic rings. The van der Waals surface area contributed by atoms with E-state index >= 15 is 0 Å². The van der Waals surface area contributed by atoms with Gasteiger partial charge in [-0.05, 0) is 66.5 Å². The molecular formula is C17H25BrN2O. The number of nitrogens with zero attached hydrogens (tertiary/aromatic N) is 1. The maximum absolute atomic E-state index is 5.26. The molecule has 1 fully saturated rings. The summed E-state index contributed by atoms with van der Waals surface area (Å²) in [5.74, 6) is 0.881. The Labute approximate surface area is 136 Å². The summed E-state index contributed by atoms with van der Waals surface area (Å²) in [7, 11) is 1.69. The van der Waals surface area contributed by atoms with Crippen molar-refractivity contribution in [3.63, 3.8) is 0 Å². The third-order valence-electron chi connectivity index (χ3n) is 3.89. The van der Waals surface area contributed by atoms with Crippen molar-refractivity contribution in [3.8, 4) is 5.75 Å². The van der Waals surface area contributed by atoms with Gasteiger partial charge in [0.25, 0.3) is 0 Å². The molecule has 116 valence electrons. The molecule has 1 aromatic carbocycles. The minimum Gasteiger partial charge on any atom is -0.496 e. The van der Waals surface area contributed by atoms with Gasteiger partial charge in [0.15, 0.2) is 0 Å². The molecule has 0 atom stereocenters. The van der Waals surface area contributed by atoms with E-state index in [2.05, 4.69) is 51.8 Å². The zero-order valence-electron chi connectivity index (χ0n) is 13.0. The maximum atomic E-state index is 5.26. The van der Waals surface area contributed by atoms with Crippen LogP contribution < -0.4 is 10.1 Å². The average Bonchev–Trinajstić information content (AvgIpc) is 2.46. The van der Waals surface area contributed by atoms with E-state index in [-0.39, 0.29) is 0 Å². The molecule has 2 rings (SSSR count). The zero-order valence-corrected chi connectivity index (χ0v) is 14.6. The highest BCUT2D eigenvalue weighted by atomic mass is 79.9. The van der Waals surface area contributed by atoms with Crippen LogP contribution in [0.4, 0.5) is 0 Å². The van der Waals surface area contributed by atoms with Crippen LogP contribution in [0.1, 0.15) is 25.3 Å². The van der Waals surface area contributed by atoms with E-state index in [1.165, 1.54) is 24.0 Å². The van der Waals surface area contributed by atoms with Crippen molar-refractivity contribution < 1.29 is 4.74 Å². The van der Waals surface area contributed by atoms with Gasteiger partial charge in [-0.15, -0.1) is 0 Å². The Morgan fingerprint density at radius 1 is 1.43 bits per heavy atom. The smallest absolute Gasteiger partial charge is 0.133 e. The predicted molar refractivity (Wildman–Crippen MR) is 91.8 cm³/mol. The Morgan fingerprint density at radius 2 is 2.14 bits per heavy atom. The summed E-state index contributed by atoms with van der Waals surface area (Å²) in [6.45, 7) is 10.4. The normalized spacial score (nSPS) is 16.9. The third-order valence-corrected chi connectivity index (χ3v) is 4.51. The lowest BCUT2D eigenvalue weighted by molar-refractivity contribution is 0.211. The van der Waals surface area contributed by atoms with Gasteiger partial charge < -0.3 is 10.1 Å². The van der Waals surface area contributed by atoms with E-state index < -0.39 is 0 Å². The first kappa shape index (κ1) is 16.5. The molecule has 0 unspecified atom stereocenters. The Morgan fingerprint density at radius 3 is 2.71 bits per heavy atom. The lowest BCUT2D eigenvalue weighted by atomic mass is 10.0. The van der Waals surface area contributed by atoms with Gasteiger partial charge in [0.1, 0.15) is 5.75 Å². The molecule has 3 nitrogen and oxygen atoms in total. The Hall–Kier alpha value is -0.840. The molecule has 21 heavy (non-hydrogen) atoms. The van der Waals surface area contributed by atoms with Crippen LogP contribution in [0.2, 0.25) is 0 Å². The summed E-state index contributed by atoms with van der Waals surface area (Å²) in [5.41, 5.74) is 2.54. The van der Waals surface area contributed by atoms with Crippen molar-refractivity contribution in [2.75, 3.05) is 26.7 Å². The van der Waals surface area contributed by atoms with E-state index in [9.17, 15) is 0 Å². The molecule has 1 aliphatic heterocycles. The molecule has 4 heteroatoms. The molecular weight excluding hydrogens is 328 g/mol. The molecule has 1 aliphatic rings. The van der Waals surface area contributed by atoms with Crippen molar-refractivity contribution in [1.82, 2.24) is 10.2 Å². The summed E-state index contributed by atoms with van der Waals surface area (Å²) >= 11 is 3.54. The quantitative estimate of drug-likeness (QED) is 0.791. The van der Waals surface area contributed by atoms with Crippen LogP contribution in [0.15, 0.2) is 34.8 Å². The van der Waals surface area contributed by atoms with E-state index in [4.69, 9.17) is 4.74 Å². The Kier molecular flexibility index (Phi) is 6.27. The second kappa shape index (κ2) is 7.97. The van der Waals surface area contributed by atoms with Crippen LogP contribution >= 0.6 is 15.9 Å². The molecule has 0 amide bonds. The van der Waals surface area contributed by atoms with Gasteiger partial charge in [-0.2, -0.15) is 0 Å². The number of nitrogens with one attached hydrogen (secondary N) is 1. The van der Waals surface area contributed by atoms with Gasteiger partial charge in [-0.3, -0.25) is 4.90 Å². The molecule has 0 saturated carbocycles. The third kappa shape index (κ3) is 5.13. The fourth-order valence-electron chi connectivity index (χ4n) is 2.76. The maximum Gasteiger partial charge on any atom is 0.133 e. The fourth-order valence-corrected chi connectivity index (χ4v) is 3.35. The first-order valence-electron chi connectivity index (χ1n) is 7.51. The number of hydrogen-bond donors (Lipinski definition) is 1. The van der Waals surface area contributed by atoms with Crippen LogP contribution in [0.25, 0.3) is 0 Å². The number of ether oxygens (including phenoxy) is 1. The minimum absolute atomic E-state index is 0.618. The summed E-state index contributed by atoms with van der Waals surface area (Å²) < 4.78 is 6.27. The predicted octanol–water partition coefficient (Wildman–Crippen LogP) is 3.59. The monoisotopic (exact) mass is 352 g/mol. The van der Waals surface area contributed by atoms with Gasteiger partial charge in [0.2, 0.25) is 0 Å². The Bertz CT molecular complexity index is 482. The first-order valence-corrected chi connectivity index (χ1v) is 8.30. The van der Waals surface area contributed by atoms with E-state index in [1.54, 1.807) is 7.11 Å². The molecule has 0 spiro atoms. The molecule has 0 radical (unpaired) electrons. The number of methoxy groups -OCH3 is 1. The molecule has 0 aliphatic carbocycles. The fraction of sp³-hybridized carbons (Fsp3) is 0.529. The number of rotatable bonds is 6. The van der Waals surface area contributed by atoms with Crippen molar-refractivity contribution >= 4 is 15.9 Å². The first-order chi connectivity index (χ1) is 10.1. The number of hydrogen-bond acceptors (Lipinski definition) is 3. The summed E-state index contributed by atoms with van der Waals surface area (Å²) in [4.78, 5) is 2.49. The highest BCUT2D eigenvalue weighted by molar-refractivity contribution is 9.10. The molecule has 0 bridgehead atoms. The van der Waals surface area contributed by atoms with Gasteiger partial charge in [0.05, 0.1) is 11.6 Å². The summed E-state index contributed by atoms with van der Waals surface area (Å²) in [5, 5.41) is 3.67. The molecule has 1 N–H and O–H groups in total. The van der Waals surface area contributed by atoms with Gasteiger partial charge in [-0.1, -0.05) is 18.2 Å². The summed E-state index contributed by atoms with van der Waals surface area (Å²) in [6, 6.07) is 6.87. The largest absolute Gasteiger partial charge is 0.496 e. The number of benzene rings is 1. The van der Waals surface area contributed by atoms with Crippen molar-refractivity contribution in [2.24, 2.45) is 0 Å². The van der Waals surface area contributed by atoms with Gasteiger partial charge >= 0.3 is 0 Å². The SMILES string of the molecule is C=C(C)CN1CCC(NCc2ccc(OC)c(Br)c2)CC1. The summed E-state index contributed by atoms with van der Waals surface area (Å²) in [6.07, 6.45) is 2.43. The highest BCUT2D eigenvalue weighted by Crippen LogP contribution is 2.25. The number of piperidine rings is 1. The second-order valence-corrected chi connectivity index (χ2v) is 6.71. The molecule has 0 aromatic heterocycles. The highest BCUT2D eigenvalue weighted by Gasteiger charge is 2.18. The standard InChI is InChI=1S/C17H25BrN2O/c1-13(2)12-20-8-6-15(7-9-20)19-11-14-4-5-17(21-3)16(18)10-14/h4-5,10,15,19H,1,6-9,11-12H2,2-3H3.